The summed E-state index contributed by atoms with van der Waals surface area (Å²) in [7, 11) is 1.63. The first-order valence-electron chi connectivity index (χ1n) is 12.3. The standard InChI is InChI=1S/C27H34FN3O3S/c1-34-21-6-7-25-23(16-21)22(9-12-29-25)26(33)8-5-19-10-14-31(17-20(19)18-32)13-3-15-35-27-24(28)4-2-11-30-27/h2,4,6-7,9,11-12,16,19-20,26,32-33H,3,5,8,10,13-15,17-18H2,1H3/t19-,20-,26?/m1/s1. The maximum Gasteiger partial charge on any atom is 0.155 e. The Kier molecular flexibility index (Phi) is 9.31. The Bertz CT molecular complexity index is 1100. The number of aliphatic hydroxyl groups is 2. The highest BCUT2D eigenvalue weighted by molar-refractivity contribution is 7.99. The number of pyridine rings is 2. The number of aromatic nitrogens is 2. The van der Waals surface area contributed by atoms with E-state index in [1.54, 1.807) is 25.6 Å². The molecule has 6 nitrogen and oxygen atoms in total. The van der Waals surface area contributed by atoms with Crippen molar-refractivity contribution >= 4 is 22.7 Å². The smallest absolute Gasteiger partial charge is 0.155 e. The zero-order valence-electron chi connectivity index (χ0n) is 20.1. The van der Waals surface area contributed by atoms with Crippen LogP contribution < -0.4 is 4.74 Å². The number of hydrogen-bond donors (Lipinski definition) is 2. The van der Waals surface area contributed by atoms with Gasteiger partial charge >= 0.3 is 0 Å². The molecule has 188 valence electrons. The van der Waals surface area contributed by atoms with E-state index < -0.39 is 6.10 Å². The van der Waals surface area contributed by atoms with Gasteiger partial charge in [0.05, 0.1) is 18.7 Å². The van der Waals surface area contributed by atoms with E-state index in [2.05, 4.69) is 14.9 Å². The molecule has 1 unspecified atom stereocenters. The van der Waals surface area contributed by atoms with Crippen molar-refractivity contribution in [1.82, 2.24) is 14.9 Å². The van der Waals surface area contributed by atoms with Gasteiger partial charge in [0.1, 0.15) is 10.8 Å². The third-order valence-electron chi connectivity index (χ3n) is 6.94. The van der Waals surface area contributed by atoms with Crippen LogP contribution in [-0.2, 0) is 0 Å². The Labute approximate surface area is 210 Å². The Hall–Kier alpha value is -2.26. The monoisotopic (exact) mass is 499 g/mol. The van der Waals surface area contributed by atoms with Crippen LogP contribution in [0.25, 0.3) is 10.9 Å². The summed E-state index contributed by atoms with van der Waals surface area (Å²) < 4.78 is 19.1. The van der Waals surface area contributed by atoms with Crippen LogP contribution in [0.1, 0.15) is 37.4 Å². The number of ether oxygens (including phenoxy) is 1. The lowest BCUT2D eigenvalue weighted by Gasteiger charge is -2.38. The minimum Gasteiger partial charge on any atom is -0.497 e. The second kappa shape index (κ2) is 12.6. The summed E-state index contributed by atoms with van der Waals surface area (Å²) in [5, 5.41) is 22.4. The summed E-state index contributed by atoms with van der Waals surface area (Å²) in [6, 6.07) is 10.6. The second-order valence-electron chi connectivity index (χ2n) is 9.16. The molecule has 3 aromatic rings. The zero-order chi connectivity index (χ0) is 24.6. The number of aliphatic hydroxyl groups excluding tert-OH is 2. The van der Waals surface area contributed by atoms with Crippen molar-refractivity contribution in [3.63, 3.8) is 0 Å². The first kappa shape index (κ1) is 25.8. The number of halogens is 1. The van der Waals surface area contributed by atoms with E-state index in [1.807, 2.05) is 24.3 Å². The van der Waals surface area contributed by atoms with E-state index in [0.29, 0.717) is 17.4 Å². The Balaban J connectivity index is 1.26. The molecular formula is C27H34FN3O3S. The minimum absolute atomic E-state index is 0.153. The van der Waals surface area contributed by atoms with Gasteiger partial charge in [-0.25, -0.2) is 9.37 Å². The number of hydrogen-bond acceptors (Lipinski definition) is 7. The first-order valence-corrected chi connectivity index (χ1v) is 13.2. The lowest BCUT2D eigenvalue weighted by atomic mass is 9.81. The van der Waals surface area contributed by atoms with Gasteiger partial charge in [-0.05, 0) is 92.6 Å². The molecule has 8 heteroatoms. The average molecular weight is 500 g/mol. The fraction of sp³-hybridized carbons (Fsp3) is 0.481. The summed E-state index contributed by atoms with van der Waals surface area (Å²) in [5.74, 6) is 1.88. The molecular weight excluding hydrogens is 465 g/mol. The number of rotatable bonds is 11. The van der Waals surface area contributed by atoms with Crippen LogP contribution in [0.5, 0.6) is 5.75 Å². The van der Waals surface area contributed by atoms with Crippen molar-refractivity contribution < 1.29 is 19.3 Å². The third kappa shape index (κ3) is 6.70. The number of fused-ring (bicyclic) bond motifs is 1. The van der Waals surface area contributed by atoms with Crippen LogP contribution >= 0.6 is 11.8 Å². The summed E-state index contributed by atoms with van der Waals surface area (Å²) in [5.41, 5.74) is 1.71. The molecule has 4 rings (SSSR count). The fourth-order valence-electron chi connectivity index (χ4n) is 4.97. The fourth-order valence-corrected chi connectivity index (χ4v) is 5.78. The number of benzene rings is 1. The van der Waals surface area contributed by atoms with E-state index in [4.69, 9.17) is 4.74 Å². The number of likely N-dealkylation sites (tertiary alicyclic amines) is 1. The maximum absolute atomic E-state index is 13.7. The molecule has 0 bridgehead atoms. The van der Waals surface area contributed by atoms with Gasteiger partial charge in [0.25, 0.3) is 0 Å². The highest BCUT2D eigenvalue weighted by Gasteiger charge is 2.29. The molecule has 3 atom stereocenters. The normalized spacial score (nSPS) is 19.7. The van der Waals surface area contributed by atoms with Crippen molar-refractivity contribution in [3.8, 4) is 5.75 Å². The summed E-state index contributed by atoms with van der Waals surface area (Å²) >= 11 is 1.45. The van der Waals surface area contributed by atoms with Crippen LogP contribution in [0.4, 0.5) is 4.39 Å². The van der Waals surface area contributed by atoms with Crippen molar-refractivity contribution in [2.75, 3.05) is 39.1 Å². The van der Waals surface area contributed by atoms with Gasteiger partial charge < -0.3 is 19.8 Å². The average Bonchev–Trinajstić information content (AvgIpc) is 2.90. The largest absolute Gasteiger partial charge is 0.497 e. The van der Waals surface area contributed by atoms with Gasteiger partial charge in [0.15, 0.2) is 5.82 Å². The van der Waals surface area contributed by atoms with Crippen LogP contribution in [-0.4, -0.2) is 64.2 Å². The summed E-state index contributed by atoms with van der Waals surface area (Å²) in [6.07, 6.45) is 6.22. The molecule has 0 saturated carbocycles. The van der Waals surface area contributed by atoms with Crippen molar-refractivity contribution in [2.24, 2.45) is 11.8 Å². The molecule has 1 aromatic carbocycles. The van der Waals surface area contributed by atoms with Gasteiger partial charge in [0.2, 0.25) is 0 Å². The molecule has 0 spiro atoms. The molecule has 0 radical (unpaired) electrons. The summed E-state index contributed by atoms with van der Waals surface area (Å²) in [4.78, 5) is 10.9. The van der Waals surface area contributed by atoms with Crippen molar-refractivity contribution in [3.05, 3.63) is 60.2 Å². The molecule has 2 N–H and O–H groups in total. The minimum atomic E-state index is -0.589. The Morgan fingerprint density at radius 1 is 1.20 bits per heavy atom. The van der Waals surface area contributed by atoms with E-state index in [9.17, 15) is 14.6 Å². The van der Waals surface area contributed by atoms with Crippen LogP contribution in [0.3, 0.4) is 0 Å². The molecule has 0 aliphatic carbocycles. The molecule has 1 aliphatic heterocycles. The molecule has 1 fully saturated rings. The molecule has 3 heterocycles. The van der Waals surface area contributed by atoms with E-state index in [1.165, 1.54) is 17.8 Å². The predicted octanol–water partition coefficient (Wildman–Crippen LogP) is 4.70. The molecule has 0 amide bonds. The van der Waals surface area contributed by atoms with Gasteiger partial charge in [-0.15, -0.1) is 11.8 Å². The lowest BCUT2D eigenvalue weighted by molar-refractivity contribution is 0.0581. The van der Waals surface area contributed by atoms with E-state index >= 15 is 0 Å². The predicted molar refractivity (Wildman–Crippen MR) is 137 cm³/mol. The van der Waals surface area contributed by atoms with Crippen molar-refractivity contribution in [2.45, 2.75) is 36.8 Å². The van der Waals surface area contributed by atoms with Crippen LogP contribution in [0.15, 0.2) is 53.8 Å². The first-order chi connectivity index (χ1) is 17.1. The van der Waals surface area contributed by atoms with E-state index in [0.717, 1.165) is 66.9 Å². The number of thioether (sulfide) groups is 1. The zero-order valence-corrected chi connectivity index (χ0v) is 21.0. The highest BCUT2D eigenvalue weighted by Crippen LogP contribution is 2.33. The molecule has 2 aromatic heterocycles. The molecule has 1 saturated heterocycles. The molecule has 1 aliphatic rings. The van der Waals surface area contributed by atoms with Crippen molar-refractivity contribution in [1.29, 1.82) is 0 Å². The third-order valence-corrected chi connectivity index (χ3v) is 8.01. The van der Waals surface area contributed by atoms with Crippen LogP contribution in [0.2, 0.25) is 0 Å². The van der Waals surface area contributed by atoms with Gasteiger partial charge in [-0.1, -0.05) is 0 Å². The number of methoxy groups -OCH3 is 1. The van der Waals surface area contributed by atoms with Gasteiger partial charge in [-0.2, -0.15) is 0 Å². The quantitative estimate of drug-likeness (QED) is 0.292. The van der Waals surface area contributed by atoms with Gasteiger partial charge in [0, 0.05) is 36.7 Å². The summed E-state index contributed by atoms with van der Waals surface area (Å²) in [6.45, 7) is 2.92. The van der Waals surface area contributed by atoms with E-state index in [-0.39, 0.29) is 18.3 Å². The maximum atomic E-state index is 13.7. The number of piperidine rings is 1. The topological polar surface area (TPSA) is 78.7 Å². The van der Waals surface area contributed by atoms with Crippen LogP contribution in [0, 0.1) is 17.7 Å². The SMILES string of the molecule is COc1ccc2nccc(C(O)CC[C@@H]3CCN(CCCSc4ncccc4F)C[C@@H]3CO)c2c1. The second-order valence-corrected chi connectivity index (χ2v) is 10.2. The highest BCUT2D eigenvalue weighted by atomic mass is 32.2. The lowest BCUT2D eigenvalue weighted by Crippen LogP contribution is -2.42. The number of nitrogens with zero attached hydrogens (tertiary/aromatic N) is 3. The Morgan fingerprint density at radius 3 is 2.89 bits per heavy atom. The van der Waals surface area contributed by atoms with Gasteiger partial charge in [-0.3, -0.25) is 4.98 Å². The molecule has 35 heavy (non-hydrogen) atoms. The Morgan fingerprint density at radius 2 is 2.09 bits per heavy atom.